The number of esters is 1. The molecular weight excluding hydrogens is 404 g/mol. The molecule has 3 aromatic rings. The van der Waals surface area contributed by atoms with Crippen LogP contribution in [0.2, 0.25) is 0 Å². The predicted molar refractivity (Wildman–Crippen MR) is 121 cm³/mol. The molecule has 3 aromatic carbocycles. The van der Waals surface area contributed by atoms with E-state index in [1.54, 1.807) is 6.92 Å². The van der Waals surface area contributed by atoms with Gasteiger partial charge in [0.2, 0.25) is 0 Å². The first kappa shape index (κ1) is 21.3. The van der Waals surface area contributed by atoms with Crippen molar-refractivity contribution in [2.45, 2.75) is 26.2 Å². The van der Waals surface area contributed by atoms with E-state index in [0.29, 0.717) is 18.1 Å². The lowest BCUT2D eigenvalue weighted by Crippen LogP contribution is -2.44. The lowest BCUT2D eigenvalue weighted by atomic mass is 9.88. The summed E-state index contributed by atoms with van der Waals surface area (Å²) in [6, 6.07) is 25.7. The summed E-state index contributed by atoms with van der Waals surface area (Å²) in [6.45, 7) is 2.30. The number of amides is 2. The molecule has 0 saturated carbocycles. The van der Waals surface area contributed by atoms with E-state index >= 15 is 0 Å². The molecule has 0 saturated heterocycles. The molecule has 2 unspecified atom stereocenters. The van der Waals surface area contributed by atoms with Crippen LogP contribution in [-0.4, -0.2) is 17.7 Å². The highest BCUT2D eigenvalue weighted by Gasteiger charge is 2.38. The number of rotatable bonds is 7. The van der Waals surface area contributed by atoms with E-state index in [1.807, 2.05) is 84.9 Å². The number of carbonyl (C=O) groups is 2. The van der Waals surface area contributed by atoms with E-state index < -0.39 is 24.0 Å². The van der Waals surface area contributed by atoms with Crippen LogP contribution in [0.25, 0.3) is 0 Å². The van der Waals surface area contributed by atoms with Gasteiger partial charge in [0.1, 0.15) is 24.9 Å². The number of nitrogens with one attached hydrogen (secondary N) is 1. The van der Waals surface area contributed by atoms with E-state index in [9.17, 15) is 9.59 Å². The number of hydrogen-bond acceptors (Lipinski definition) is 4. The minimum atomic E-state index is -0.701. The fourth-order valence-electron chi connectivity index (χ4n) is 3.63. The summed E-state index contributed by atoms with van der Waals surface area (Å²) in [5.74, 6) is -0.426. The van der Waals surface area contributed by atoms with Gasteiger partial charge in [-0.3, -0.25) is 4.79 Å². The van der Waals surface area contributed by atoms with Crippen molar-refractivity contribution in [1.29, 1.82) is 0 Å². The maximum Gasteiger partial charge on any atom is 0.341 e. The van der Waals surface area contributed by atoms with Crippen LogP contribution in [0.4, 0.5) is 4.79 Å². The molecule has 2 atom stereocenters. The molecule has 0 fully saturated rings. The first-order valence-electron chi connectivity index (χ1n) is 10.4. The minimum absolute atomic E-state index is 0.163. The van der Waals surface area contributed by atoms with Crippen molar-refractivity contribution in [3.05, 3.63) is 102 Å². The number of benzene rings is 3. The van der Waals surface area contributed by atoms with Gasteiger partial charge in [-0.1, -0.05) is 72.8 Å². The molecule has 1 aliphatic heterocycles. The Hall–Kier alpha value is -3.93. The molecule has 0 radical (unpaired) electrons. The zero-order valence-corrected chi connectivity index (χ0v) is 17.7. The van der Waals surface area contributed by atoms with Crippen molar-refractivity contribution < 1.29 is 19.1 Å². The van der Waals surface area contributed by atoms with Gasteiger partial charge in [-0.25, -0.2) is 9.79 Å². The van der Waals surface area contributed by atoms with Gasteiger partial charge in [0, 0.05) is 5.71 Å². The highest BCUT2D eigenvalue weighted by Crippen LogP contribution is 2.29. The van der Waals surface area contributed by atoms with Crippen molar-refractivity contribution in [3.63, 3.8) is 0 Å². The van der Waals surface area contributed by atoms with Gasteiger partial charge in [0.25, 0.3) is 0 Å². The summed E-state index contributed by atoms with van der Waals surface area (Å²) in [7, 11) is 0. The molecule has 4 rings (SSSR count). The first-order valence-corrected chi connectivity index (χ1v) is 10.4. The second-order valence-corrected chi connectivity index (χ2v) is 7.59. The average Bonchev–Trinajstić information content (AvgIpc) is 2.82. The van der Waals surface area contributed by atoms with Gasteiger partial charge in [-0.2, -0.15) is 0 Å². The second kappa shape index (κ2) is 9.92. The predicted octanol–water partition coefficient (Wildman–Crippen LogP) is 4.85. The van der Waals surface area contributed by atoms with Crippen molar-refractivity contribution >= 4 is 17.7 Å². The van der Waals surface area contributed by atoms with Crippen LogP contribution in [0.3, 0.4) is 0 Å². The number of ether oxygens (including phenoxy) is 2. The largest absolute Gasteiger partial charge is 0.489 e. The fourth-order valence-corrected chi connectivity index (χ4v) is 3.63. The maximum atomic E-state index is 12.9. The molecule has 162 valence electrons. The van der Waals surface area contributed by atoms with E-state index in [2.05, 4.69) is 10.3 Å². The molecule has 32 heavy (non-hydrogen) atoms. The topological polar surface area (TPSA) is 77.0 Å². The Morgan fingerprint density at radius 2 is 1.47 bits per heavy atom. The molecule has 0 spiro atoms. The number of carbonyl (C=O) groups excluding carboxylic acids is 2. The Balaban J connectivity index is 1.46. The van der Waals surface area contributed by atoms with Crippen molar-refractivity contribution in [2.75, 3.05) is 0 Å². The average molecular weight is 428 g/mol. The molecule has 6 nitrogen and oxygen atoms in total. The van der Waals surface area contributed by atoms with E-state index in [1.165, 1.54) is 0 Å². The van der Waals surface area contributed by atoms with Crippen LogP contribution >= 0.6 is 0 Å². The minimum Gasteiger partial charge on any atom is -0.489 e. The van der Waals surface area contributed by atoms with Crippen LogP contribution in [0.15, 0.2) is 89.9 Å². The molecule has 0 aliphatic carbocycles. The van der Waals surface area contributed by atoms with Crippen LogP contribution in [0.1, 0.15) is 29.7 Å². The molecule has 1 heterocycles. The molecule has 0 bridgehead atoms. The summed E-state index contributed by atoms with van der Waals surface area (Å²) in [5.41, 5.74) is 3.18. The van der Waals surface area contributed by atoms with Gasteiger partial charge in [-0.15, -0.1) is 0 Å². The quantitative estimate of drug-likeness (QED) is 0.546. The fraction of sp³-hybridized carbons (Fsp3) is 0.192. The second-order valence-electron chi connectivity index (χ2n) is 7.59. The Morgan fingerprint density at radius 1 is 0.875 bits per heavy atom. The monoisotopic (exact) mass is 428 g/mol. The van der Waals surface area contributed by atoms with Gasteiger partial charge in [-0.05, 0) is 35.7 Å². The summed E-state index contributed by atoms with van der Waals surface area (Å²) in [6.07, 6.45) is 0. The zero-order valence-electron chi connectivity index (χ0n) is 17.7. The lowest BCUT2D eigenvalue weighted by Gasteiger charge is -2.29. The summed E-state index contributed by atoms with van der Waals surface area (Å²) in [4.78, 5) is 28.9. The molecule has 2 amide bonds. The van der Waals surface area contributed by atoms with E-state index in [0.717, 1.165) is 16.7 Å². The molecule has 1 aliphatic rings. The molecule has 1 N–H and O–H groups in total. The van der Waals surface area contributed by atoms with E-state index in [-0.39, 0.29) is 6.61 Å². The Kier molecular flexibility index (Phi) is 6.60. The molecule has 0 aromatic heterocycles. The van der Waals surface area contributed by atoms with Crippen LogP contribution in [0.5, 0.6) is 5.75 Å². The van der Waals surface area contributed by atoms with Crippen LogP contribution < -0.4 is 10.1 Å². The normalized spacial score (nSPS) is 17.8. The summed E-state index contributed by atoms with van der Waals surface area (Å²) >= 11 is 0. The van der Waals surface area contributed by atoms with Gasteiger partial charge >= 0.3 is 12.0 Å². The van der Waals surface area contributed by atoms with Crippen molar-refractivity contribution in [1.82, 2.24) is 5.32 Å². The smallest absolute Gasteiger partial charge is 0.341 e. The molecular formula is C26H24N2O4. The van der Waals surface area contributed by atoms with Crippen LogP contribution in [0, 0.1) is 5.92 Å². The Bertz CT molecular complexity index is 1100. The standard InChI is InChI=1S/C26H24N2O4/c1-18-23(25(29)32-17-20-10-6-3-7-11-20)24(28-26(30)27-18)21-12-14-22(15-13-21)31-16-19-8-4-2-5-9-19/h2-15,23-24H,16-17H2,1H3,(H,28,30). The maximum absolute atomic E-state index is 12.9. The third kappa shape index (κ3) is 5.21. The SMILES string of the molecule is CC1=NC(=O)NC(c2ccc(OCc3ccccc3)cc2)C1C(=O)OCc1ccccc1. The first-order chi connectivity index (χ1) is 15.6. The number of hydrogen-bond donors (Lipinski definition) is 1. The Labute approximate surface area is 186 Å². The third-order valence-corrected chi connectivity index (χ3v) is 5.31. The zero-order chi connectivity index (χ0) is 22.3. The Morgan fingerprint density at radius 3 is 2.09 bits per heavy atom. The number of urea groups is 1. The molecule has 6 heteroatoms. The number of aliphatic imine (C=N–C) groups is 1. The highest BCUT2D eigenvalue weighted by atomic mass is 16.5. The van der Waals surface area contributed by atoms with E-state index in [4.69, 9.17) is 9.47 Å². The lowest BCUT2D eigenvalue weighted by molar-refractivity contribution is -0.148. The highest BCUT2D eigenvalue weighted by molar-refractivity contribution is 6.08. The summed E-state index contributed by atoms with van der Waals surface area (Å²) in [5, 5.41) is 2.80. The third-order valence-electron chi connectivity index (χ3n) is 5.31. The van der Waals surface area contributed by atoms with Gasteiger partial charge in [0.05, 0.1) is 6.04 Å². The van der Waals surface area contributed by atoms with Crippen molar-refractivity contribution in [3.8, 4) is 5.75 Å². The van der Waals surface area contributed by atoms with Gasteiger partial charge in [0.15, 0.2) is 0 Å². The summed E-state index contributed by atoms with van der Waals surface area (Å²) < 4.78 is 11.4. The van der Waals surface area contributed by atoms with Crippen LogP contribution in [-0.2, 0) is 22.7 Å². The number of nitrogens with zero attached hydrogens (tertiary/aromatic N) is 1. The van der Waals surface area contributed by atoms with Gasteiger partial charge < -0.3 is 14.8 Å². The van der Waals surface area contributed by atoms with Crippen molar-refractivity contribution in [2.24, 2.45) is 10.9 Å².